The normalized spacial score (nSPS) is 44.2. The zero-order valence-electron chi connectivity index (χ0n) is 5.97. The van der Waals surface area contributed by atoms with E-state index in [0.29, 0.717) is 0 Å². The van der Waals surface area contributed by atoms with Gasteiger partial charge in [0, 0.05) is 13.1 Å². The molecular weight excluding hydrogens is 128 g/mol. The molecule has 3 fully saturated rings. The van der Waals surface area contributed by atoms with E-state index in [1.807, 2.05) is 0 Å². The van der Waals surface area contributed by atoms with Crippen molar-refractivity contribution in [3.05, 3.63) is 0 Å². The monoisotopic (exact) mass is 140 g/mol. The third kappa shape index (κ3) is 0.611. The van der Waals surface area contributed by atoms with Gasteiger partial charge in [-0.25, -0.2) is 0 Å². The summed E-state index contributed by atoms with van der Waals surface area (Å²) in [7, 11) is 0. The molecule has 3 aliphatic rings. The van der Waals surface area contributed by atoms with Crippen LogP contribution in [0.5, 0.6) is 0 Å². The average molecular weight is 140 g/mol. The molecule has 0 aromatic rings. The molecule has 1 amide bonds. The molecule has 2 bridgehead atoms. The van der Waals surface area contributed by atoms with Crippen LogP contribution >= 0.6 is 0 Å². The Hall–Kier alpha value is -0.570. The van der Waals surface area contributed by atoms with E-state index in [2.05, 4.69) is 4.90 Å². The van der Waals surface area contributed by atoms with E-state index < -0.39 is 0 Å². The standard InChI is InChI=1S/C7H12N2O/c8-6(10)7-2-1-3-9(4-7)5-7/h1-5H2,(H2,8,10). The molecule has 56 valence electrons. The van der Waals surface area contributed by atoms with Gasteiger partial charge in [0.15, 0.2) is 0 Å². The maximum Gasteiger partial charge on any atom is 0.226 e. The highest BCUT2D eigenvalue weighted by Gasteiger charge is 2.49. The first kappa shape index (κ1) is 6.16. The van der Waals surface area contributed by atoms with Gasteiger partial charge in [-0.3, -0.25) is 4.79 Å². The number of carbonyl (C=O) groups excluding carboxylic acids is 1. The van der Waals surface area contributed by atoms with Crippen LogP contribution in [0.3, 0.4) is 0 Å². The predicted octanol–water partition coefficient (Wildman–Crippen LogP) is -0.433. The van der Waals surface area contributed by atoms with Crippen LogP contribution in [0.15, 0.2) is 0 Å². The van der Waals surface area contributed by atoms with Crippen molar-refractivity contribution in [2.45, 2.75) is 12.8 Å². The van der Waals surface area contributed by atoms with E-state index in [9.17, 15) is 4.79 Å². The number of nitrogens with zero attached hydrogens (tertiary/aromatic N) is 1. The lowest BCUT2D eigenvalue weighted by atomic mass is 9.72. The molecule has 3 rings (SSSR count). The summed E-state index contributed by atoms with van der Waals surface area (Å²) in [5, 5.41) is 0. The zero-order valence-corrected chi connectivity index (χ0v) is 5.97. The Morgan fingerprint density at radius 3 is 2.50 bits per heavy atom. The minimum Gasteiger partial charge on any atom is -0.369 e. The van der Waals surface area contributed by atoms with Crippen LogP contribution in [0.1, 0.15) is 12.8 Å². The minimum absolute atomic E-state index is 0.0940. The van der Waals surface area contributed by atoms with Crippen molar-refractivity contribution in [3.63, 3.8) is 0 Å². The van der Waals surface area contributed by atoms with Gasteiger partial charge in [-0.1, -0.05) is 0 Å². The maximum absolute atomic E-state index is 10.9. The Balaban J connectivity index is 2.12. The fourth-order valence-corrected chi connectivity index (χ4v) is 2.05. The quantitative estimate of drug-likeness (QED) is 0.537. The Labute approximate surface area is 60.2 Å². The Morgan fingerprint density at radius 2 is 2.20 bits per heavy atom. The Bertz CT molecular complexity index is 167. The molecule has 3 saturated heterocycles. The largest absolute Gasteiger partial charge is 0.369 e. The van der Waals surface area contributed by atoms with Crippen LogP contribution in [0, 0.1) is 5.41 Å². The molecule has 0 aromatic heterocycles. The van der Waals surface area contributed by atoms with Crippen LogP contribution in [0.4, 0.5) is 0 Å². The summed E-state index contributed by atoms with van der Waals surface area (Å²) in [5.41, 5.74) is 5.16. The molecule has 0 atom stereocenters. The number of piperidine rings is 2. The lowest BCUT2D eigenvalue weighted by molar-refractivity contribution is -0.144. The second-order valence-electron chi connectivity index (χ2n) is 3.46. The fraction of sp³-hybridized carbons (Fsp3) is 0.857. The summed E-state index contributed by atoms with van der Waals surface area (Å²) >= 11 is 0. The van der Waals surface area contributed by atoms with E-state index in [1.165, 1.54) is 0 Å². The van der Waals surface area contributed by atoms with Crippen molar-refractivity contribution >= 4 is 5.91 Å². The van der Waals surface area contributed by atoms with Crippen molar-refractivity contribution in [2.75, 3.05) is 19.6 Å². The van der Waals surface area contributed by atoms with Crippen LogP contribution in [-0.4, -0.2) is 30.4 Å². The van der Waals surface area contributed by atoms with Gasteiger partial charge in [-0.05, 0) is 19.4 Å². The topological polar surface area (TPSA) is 46.3 Å². The summed E-state index contributed by atoms with van der Waals surface area (Å²) in [4.78, 5) is 13.2. The van der Waals surface area contributed by atoms with Crippen molar-refractivity contribution in [2.24, 2.45) is 11.1 Å². The second kappa shape index (κ2) is 1.72. The van der Waals surface area contributed by atoms with Gasteiger partial charge in [0.2, 0.25) is 5.91 Å². The highest BCUT2D eigenvalue weighted by Crippen LogP contribution is 2.39. The molecule has 3 heteroatoms. The molecule has 3 heterocycles. The van der Waals surface area contributed by atoms with E-state index >= 15 is 0 Å². The van der Waals surface area contributed by atoms with E-state index in [0.717, 1.165) is 32.5 Å². The molecule has 3 nitrogen and oxygen atoms in total. The number of hydrogen-bond donors (Lipinski definition) is 1. The fourth-order valence-electron chi connectivity index (χ4n) is 2.05. The summed E-state index contributed by atoms with van der Waals surface area (Å²) in [6.45, 7) is 3.00. The van der Waals surface area contributed by atoms with Gasteiger partial charge in [0.05, 0.1) is 5.41 Å². The van der Waals surface area contributed by atoms with E-state index in [4.69, 9.17) is 5.73 Å². The summed E-state index contributed by atoms with van der Waals surface area (Å²) in [6.07, 6.45) is 2.15. The van der Waals surface area contributed by atoms with E-state index in [-0.39, 0.29) is 11.3 Å². The number of amides is 1. The molecule has 0 unspecified atom stereocenters. The Morgan fingerprint density at radius 1 is 1.50 bits per heavy atom. The van der Waals surface area contributed by atoms with Gasteiger partial charge < -0.3 is 10.6 Å². The first-order valence-corrected chi connectivity index (χ1v) is 3.75. The van der Waals surface area contributed by atoms with Crippen LogP contribution < -0.4 is 5.73 Å². The number of nitrogens with two attached hydrogens (primary N) is 1. The highest BCUT2D eigenvalue weighted by atomic mass is 16.1. The number of primary amides is 1. The molecule has 0 radical (unpaired) electrons. The van der Waals surface area contributed by atoms with Gasteiger partial charge in [0.1, 0.15) is 0 Å². The summed E-state index contributed by atoms with van der Waals surface area (Å²) in [6, 6.07) is 0. The molecule has 0 aromatic carbocycles. The third-order valence-corrected chi connectivity index (χ3v) is 2.70. The molecule has 0 spiro atoms. The van der Waals surface area contributed by atoms with Gasteiger partial charge in [-0.2, -0.15) is 0 Å². The molecule has 2 N–H and O–H groups in total. The SMILES string of the molecule is NC(=O)C12CCCN(C1)C2. The number of hydrogen-bond acceptors (Lipinski definition) is 2. The number of rotatable bonds is 1. The molecule has 0 saturated carbocycles. The maximum atomic E-state index is 10.9. The summed E-state index contributed by atoms with van der Waals surface area (Å²) < 4.78 is 0. The van der Waals surface area contributed by atoms with Crippen molar-refractivity contribution in [1.82, 2.24) is 4.90 Å². The number of fused-ring (bicyclic) bond motifs is 2. The first-order chi connectivity index (χ1) is 4.73. The second-order valence-corrected chi connectivity index (χ2v) is 3.46. The van der Waals surface area contributed by atoms with Crippen molar-refractivity contribution < 1.29 is 4.79 Å². The smallest absolute Gasteiger partial charge is 0.226 e. The van der Waals surface area contributed by atoms with Gasteiger partial charge in [0.25, 0.3) is 0 Å². The van der Waals surface area contributed by atoms with Gasteiger partial charge in [-0.15, -0.1) is 0 Å². The average Bonchev–Trinajstić information content (AvgIpc) is 1.87. The molecule has 10 heavy (non-hydrogen) atoms. The van der Waals surface area contributed by atoms with Crippen LogP contribution in [0.2, 0.25) is 0 Å². The summed E-state index contributed by atoms with van der Waals surface area (Å²) in [5.74, 6) is -0.0940. The Kier molecular flexibility index (Phi) is 1.06. The van der Waals surface area contributed by atoms with Crippen molar-refractivity contribution in [1.29, 1.82) is 0 Å². The molecular formula is C7H12N2O. The first-order valence-electron chi connectivity index (χ1n) is 3.75. The lowest BCUT2D eigenvalue weighted by Gasteiger charge is -2.52. The van der Waals surface area contributed by atoms with Crippen LogP contribution in [-0.2, 0) is 4.79 Å². The number of carbonyl (C=O) groups is 1. The van der Waals surface area contributed by atoms with Gasteiger partial charge >= 0.3 is 0 Å². The minimum atomic E-state index is -0.113. The van der Waals surface area contributed by atoms with Crippen molar-refractivity contribution in [3.8, 4) is 0 Å². The zero-order chi connectivity index (χ0) is 7.19. The molecule has 3 aliphatic heterocycles. The van der Waals surface area contributed by atoms with Crippen LogP contribution in [0.25, 0.3) is 0 Å². The predicted molar refractivity (Wildman–Crippen MR) is 37.3 cm³/mol. The lowest BCUT2D eigenvalue weighted by Crippen LogP contribution is -2.65. The highest BCUT2D eigenvalue weighted by molar-refractivity contribution is 5.82. The van der Waals surface area contributed by atoms with E-state index in [1.54, 1.807) is 0 Å². The third-order valence-electron chi connectivity index (χ3n) is 2.70. The molecule has 0 aliphatic carbocycles.